The van der Waals surface area contributed by atoms with Crippen molar-refractivity contribution in [2.75, 3.05) is 32.7 Å². The van der Waals surface area contributed by atoms with E-state index in [1.54, 1.807) is 0 Å². The zero-order valence-corrected chi connectivity index (χ0v) is 14.8. The van der Waals surface area contributed by atoms with E-state index in [4.69, 9.17) is 0 Å². The average molecular weight is 310 g/mol. The number of aliphatic imine (C=N–C) groups is 1. The molecule has 0 aromatic rings. The summed E-state index contributed by atoms with van der Waals surface area (Å²) >= 11 is 0. The standard InChI is InChI=1S/C17H34N4O/c1-5-10-19-16(22)12-20-17(18-8-4)21-11-9-15(13-21)14(6-2)7-3/h14-15H,5-13H2,1-4H3,(H,18,20)(H,19,22). The lowest BCUT2D eigenvalue weighted by molar-refractivity contribution is -0.119. The molecule has 5 heteroatoms. The SMILES string of the molecule is CCCNC(=O)CN=C(NCC)N1CCC(C(CC)CC)C1. The van der Waals surface area contributed by atoms with Gasteiger partial charge in [-0.25, -0.2) is 4.99 Å². The molecule has 1 aliphatic rings. The molecule has 128 valence electrons. The zero-order valence-electron chi connectivity index (χ0n) is 14.8. The number of hydrogen-bond donors (Lipinski definition) is 2. The highest BCUT2D eigenvalue weighted by Gasteiger charge is 2.29. The van der Waals surface area contributed by atoms with Crippen LogP contribution in [0.1, 0.15) is 53.4 Å². The molecule has 0 aromatic carbocycles. The second kappa shape index (κ2) is 10.5. The molecule has 22 heavy (non-hydrogen) atoms. The van der Waals surface area contributed by atoms with Gasteiger partial charge in [0.05, 0.1) is 0 Å². The van der Waals surface area contributed by atoms with Crippen LogP contribution in [0.15, 0.2) is 4.99 Å². The minimum absolute atomic E-state index is 0.00740. The summed E-state index contributed by atoms with van der Waals surface area (Å²) in [5, 5.41) is 6.20. The first-order valence-corrected chi connectivity index (χ1v) is 8.96. The minimum atomic E-state index is 0.00740. The van der Waals surface area contributed by atoms with E-state index in [0.717, 1.165) is 50.4 Å². The Labute approximate surface area is 135 Å². The molecule has 0 radical (unpaired) electrons. The first-order valence-electron chi connectivity index (χ1n) is 8.96. The van der Waals surface area contributed by atoms with Crippen LogP contribution in [-0.4, -0.2) is 49.5 Å². The topological polar surface area (TPSA) is 56.7 Å². The van der Waals surface area contributed by atoms with Crippen LogP contribution in [0.3, 0.4) is 0 Å². The molecule has 1 amide bonds. The predicted molar refractivity (Wildman–Crippen MR) is 93.0 cm³/mol. The number of nitrogens with one attached hydrogen (secondary N) is 2. The van der Waals surface area contributed by atoms with Crippen molar-refractivity contribution in [3.8, 4) is 0 Å². The van der Waals surface area contributed by atoms with Crippen molar-refractivity contribution in [3.05, 3.63) is 0 Å². The van der Waals surface area contributed by atoms with Gasteiger partial charge in [0.15, 0.2) is 5.96 Å². The van der Waals surface area contributed by atoms with E-state index in [0.29, 0.717) is 0 Å². The average Bonchev–Trinajstić information content (AvgIpc) is 3.00. The van der Waals surface area contributed by atoms with E-state index < -0.39 is 0 Å². The molecule has 1 atom stereocenters. The van der Waals surface area contributed by atoms with Crippen LogP contribution >= 0.6 is 0 Å². The Kier molecular flexibility index (Phi) is 8.94. The van der Waals surface area contributed by atoms with Gasteiger partial charge in [-0.2, -0.15) is 0 Å². The largest absolute Gasteiger partial charge is 0.357 e. The fourth-order valence-corrected chi connectivity index (χ4v) is 3.21. The number of likely N-dealkylation sites (tertiary alicyclic amines) is 1. The van der Waals surface area contributed by atoms with Crippen LogP contribution < -0.4 is 10.6 Å². The molecule has 1 aliphatic heterocycles. The highest BCUT2D eigenvalue weighted by molar-refractivity contribution is 5.85. The summed E-state index contributed by atoms with van der Waals surface area (Å²) in [5.41, 5.74) is 0. The maximum absolute atomic E-state index is 11.7. The third-order valence-corrected chi connectivity index (χ3v) is 4.52. The lowest BCUT2D eigenvalue weighted by Crippen LogP contribution is -2.41. The molecule has 1 fully saturated rings. The number of guanidine groups is 1. The van der Waals surface area contributed by atoms with Crippen molar-refractivity contribution >= 4 is 11.9 Å². The van der Waals surface area contributed by atoms with E-state index >= 15 is 0 Å². The number of nitrogens with zero attached hydrogens (tertiary/aromatic N) is 2. The Morgan fingerprint density at radius 3 is 2.55 bits per heavy atom. The fraction of sp³-hybridized carbons (Fsp3) is 0.882. The predicted octanol–water partition coefficient (Wildman–Crippen LogP) is 2.24. The normalized spacial score (nSPS) is 18.9. The van der Waals surface area contributed by atoms with E-state index in [2.05, 4.69) is 48.2 Å². The van der Waals surface area contributed by atoms with Gasteiger partial charge >= 0.3 is 0 Å². The minimum Gasteiger partial charge on any atom is -0.357 e. The molecular formula is C17H34N4O. The second-order valence-corrected chi connectivity index (χ2v) is 6.09. The van der Waals surface area contributed by atoms with E-state index in [-0.39, 0.29) is 12.5 Å². The lowest BCUT2D eigenvalue weighted by Gasteiger charge is -2.24. The molecule has 1 unspecified atom stereocenters. The Morgan fingerprint density at radius 1 is 1.23 bits per heavy atom. The molecule has 1 rings (SSSR count). The van der Waals surface area contributed by atoms with Crippen molar-refractivity contribution < 1.29 is 4.79 Å². The van der Waals surface area contributed by atoms with Gasteiger partial charge in [0.25, 0.3) is 0 Å². The second-order valence-electron chi connectivity index (χ2n) is 6.09. The smallest absolute Gasteiger partial charge is 0.241 e. The third-order valence-electron chi connectivity index (χ3n) is 4.52. The van der Waals surface area contributed by atoms with Crippen molar-refractivity contribution in [2.45, 2.75) is 53.4 Å². The van der Waals surface area contributed by atoms with E-state index in [9.17, 15) is 4.79 Å². The van der Waals surface area contributed by atoms with Crippen molar-refractivity contribution in [2.24, 2.45) is 16.8 Å². The number of hydrogen-bond acceptors (Lipinski definition) is 2. The quantitative estimate of drug-likeness (QED) is 0.534. The number of amides is 1. The van der Waals surface area contributed by atoms with Crippen molar-refractivity contribution in [1.29, 1.82) is 0 Å². The Bertz CT molecular complexity index is 353. The van der Waals surface area contributed by atoms with E-state index in [1.807, 2.05) is 0 Å². The number of carbonyl (C=O) groups excluding carboxylic acids is 1. The molecule has 1 heterocycles. The molecule has 1 saturated heterocycles. The third kappa shape index (κ3) is 5.85. The van der Waals surface area contributed by atoms with Crippen LogP contribution in [0.2, 0.25) is 0 Å². The summed E-state index contributed by atoms with van der Waals surface area (Å²) in [5.74, 6) is 2.46. The molecule has 0 spiro atoms. The first kappa shape index (κ1) is 18.8. The van der Waals surface area contributed by atoms with Crippen molar-refractivity contribution in [1.82, 2.24) is 15.5 Å². The molecule has 0 saturated carbocycles. The fourth-order valence-electron chi connectivity index (χ4n) is 3.21. The molecule has 0 aliphatic carbocycles. The van der Waals surface area contributed by atoms with Gasteiger partial charge in [-0.05, 0) is 31.6 Å². The van der Waals surface area contributed by atoms with Crippen LogP contribution in [0, 0.1) is 11.8 Å². The van der Waals surface area contributed by atoms with E-state index in [1.165, 1.54) is 19.3 Å². The first-order chi connectivity index (χ1) is 10.7. The monoisotopic (exact) mass is 310 g/mol. The molecular weight excluding hydrogens is 276 g/mol. The van der Waals surface area contributed by atoms with Crippen molar-refractivity contribution in [3.63, 3.8) is 0 Å². The maximum Gasteiger partial charge on any atom is 0.241 e. The summed E-state index contributed by atoms with van der Waals surface area (Å²) in [6.45, 7) is 12.6. The molecule has 0 bridgehead atoms. The van der Waals surface area contributed by atoms with Gasteiger partial charge in [-0.1, -0.05) is 33.6 Å². The van der Waals surface area contributed by atoms with Gasteiger partial charge in [0.1, 0.15) is 6.54 Å². The number of rotatable bonds is 8. The molecule has 5 nitrogen and oxygen atoms in total. The summed E-state index contributed by atoms with van der Waals surface area (Å²) < 4.78 is 0. The lowest BCUT2D eigenvalue weighted by atomic mass is 9.87. The summed E-state index contributed by atoms with van der Waals surface area (Å²) in [7, 11) is 0. The van der Waals surface area contributed by atoms with Crippen LogP contribution in [-0.2, 0) is 4.79 Å². The van der Waals surface area contributed by atoms with Crippen LogP contribution in [0.4, 0.5) is 0 Å². The van der Waals surface area contributed by atoms with Crippen LogP contribution in [0.25, 0.3) is 0 Å². The Hall–Kier alpha value is -1.26. The molecule has 0 aromatic heterocycles. The summed E-state index contributed by atoms with van der Waals surface area (Å²) in [6.07, 6.45) is 4.70. The van der Waals surface area contributed by atoms with Gasteiger partial charge in [-0.15, -0.1) is 0 Å². The van der Waals surface area contributed by atoms with Gasteiger partial charge in [0.2, 0.25) is 5.91 Å². The highest BCUT2D eigenvalue weighted by atomic mass is 16.1. The zero-order chi connectivity index (χ0) is 16.4. The Morgan fingerprint density at radius 2 is 1.95 bits per heavy atom. The van der Waals surface area contributed by atoms with Gasteiger partial charge < -0.3 is 15.5 Å². The Balaban J connectivity index is 2.58. The highest BCUT2D eigenvalue weighted by Crippen LogP contribution is 2.28. The summed E-state index contributed by atoms with van der Waals surface area (Å²) in [4.78, 5) is 18.6. The van der Waals surface area contributed by atoms with Gasteiger partial charge in [-0.3, -0.25) is 4.79 Å². The molecule has 2 N–H and O–H groups in total. The maximum atomic E-state index is 11.7. The van der Waals surface area contributed by atoms with Gasteiger partial charge in [0, 0.05) is 26.2 Å². The number of carbonyl (C=O) groups is 1. The summed E-state index contributed by atoms with van der Waals surface area (Å²) in [6, 6.07) is 0. The van der Waals surface area contributed by atoms with Crippen LogP contribution in [0.5, 0.6) is 0 Å².